The molecule has 0 amide bonds. The molecule has 0 aromatic heterocycles. The van der Waals surface area contributed by atoms with Crippen molar-refractivity contribution in [1.29, 1.82) is 5.26 Å². The van der Waals surface area contributed by atoms with Gasteiger partial charge in [0.15, 0.2) is 0 Å². The first-order valence-corrected chi connectivity index (χ1v) is 6.40. The van der Waals surface area contributed by atoms with E-state index in [4.69, 9.17) is 0 Å². The van der Waals surface area contributed by atoms with Crippen molar-refractivity contribution in [2.75, 3.05) is 0 Å². The van der Waals surface area contributed by atoms with Gasteiger partial charge in [-0.05, 0) is 24.5 Å². The molecule has 0 spiro atoms. The minimum atomic E-state index is -0.143. The van der Waals surface area contributed by atoms with Gasteiger partial charge in [0.2, 0.25) is 0 Å². The summed E-state index contributed by atoms with van der Waals surface area (Å²) in [5, 5.41) is 9.36. The lowest BCUT2D eigenvalue weighted by atomic mass is 9.94. The van der Waals surface area contributed by atoms with Crippen molar-refractivity contribution in [2.24, 2.45) is 5.41 Å². The number of hydrogen-bond acceptors (Lipinski definition) is 2. The monoisotopic (exact) mass is 236 g/mol. The quantitative estimate of drug-likeness (QED) is 0.805. The van der Waals surface area contributed by atoms with Crippen LogP contribution in [0.25, 0.3) is 0 Å². The molecule has 2 heteroatoms. The summed E-state index contributed by atoms with van der Waals surface area (Å²) in [5.74, 6) is 0. The largest absolute Gasteiger partial charge is 0.365 e. The molecule has 0 radical (unpaired) electrons. The number of rotatable bonds is 3. The van der Waals surface area contributed by atoms with Gasteiger partial charge < -0.3 is 4.90 Å². The second kappa shape index (κ2) is 4.34. The van der Waals surface area contributed by atoms with Crippen molar-refractivity contribution >= 4 is 0 Å². The second-order valence-electron chi connectivity index (χ2n) is 5.10. The molecule has 2 aliphatic rings. The molecule has 1 aliphatic heterocycles. The van der Waals surface area contributed by atoms with Gasteiger partial charge in [-0.25, -0.2) is 0 Å². The lowest BCUT2D eigenvalue weighted by molar-refractivity contribution is 0.250. The zero-order chi connectivity index (χ0) is 12.4. The fraction of sp³-hybridized carbons (Fsp3) is 0.312. The predicted molar refractivity (Wildman–Crippen MR) is 71.3 cm³/mol. The standard InChI is InChI=1S/C16H16N2/c17-13-16(9-10-16)15-8-4-5-11-18(15)12-14-6-2-1-3-7-14/h1-8,11,15H,9-10,12H2. The first-order valence-electron chi connectivity index (χ1n) is 6.40. The molecule has 0 N–H and O–H groups in total. The van der Waals surface area contributed by atoms with Crippen molar-refractivity contribution in [2.45, 2.75) is 25.4 Å². The lowest BCUT2D eigenvalue weighted by Gasteiger charge is -2.33. The van der Waals surface area contributed by atoms with E-state index in [1.54, 1.807) is 0 Å². The average molecular weight is 236 g/mol. The first kappa shape index (κ1) is 11.1. The summed E-state index contributed by atoms with van der Waals surface area (Å²) in [4.78, 5) is 2.28. The van der Waals surface area contributed by atoms with Crippen molar-refractivity contribution in [1.82, 2.24) is 4.90 Å². The summed E-state index contributed by atoms with van der Waals surface area (Å²) in [5.41, 5.74) is 1.15. The Kier molecular flexibility index (Phi) is 2.68. The SMILES string of the molecule is N#CC1(C2C=CC=CN2Cc2ccccc2)CC1. The fourth-order valence-corrected chi connectivity index (χ4v) is 2.59. The molecule has 0 bridgehead atoms. The topological polar surface area (TPSA) is 27.0 Å². The Labute approximate surface area is 108 Å². The van der Waals surface area contributed by atoms with Gasteiger partial charge >= 0.3 is 0 Å². The maximum Gasteiger partial charge on any atom is 0.0813 e. The second-order valence-corrected chi connectivity index (χ2v) is 5.10. The molecule has 3 rings (SSSR count). The predicted octanol–water partition coefficient (Wildman–Crippen LogP) is 3.24. The van der Waals surface area contributed by atoms with Crippen LogP contribution in [0, 0.1) is 16.7 Å². The Bertz CT molecular complexity index is 518. The van der Waals surface area contributed by atoms with Crippen LogP contribution in [0.3, 0.4) is 0 Å². The molecule has 1 aromatic rings. The first-order chi connectivity index (χ1) is 8.84. The van der Waals surface area contributed by atoms with Gasteiger partial charge in [0, 0.05) is 12.7 Å². The van der Waals surface area contributed by atoms with E-state index in [1.807, 2.05) is 12.1 Å². The summed E-state index contributed by atoms with van der Waals surface area (Å²) in [6.45, 7) is 0.871. The fourth-order valence-electron chi connectivity index (χ4n) is 2.59. The van der Waals surface area contributed by atoms with Gasteiger partial charge in [0.1, 0.15) is 0 Å². The number of allylic oxidation sites excluding steroid dienone is 2. The maximum absolute atomic E-state index is 9.36. The molecule has 1 unspecified atom stereocenters. The van der Waals surface area contributed by atoms with Crippen molar-refractivity contribution < 1.29 is 0 Å². The molecule has 1 saturated carbocycles. The Hall–Kier alpha value is -2.01. The van der Waals surface area contributed by atoms with Crippen molar-refractivity contribution in [3.63, 3.8) is 0 Å². The van der Waals surface area contributed by atoms with E-state index in [0.29, 0.717) is 0 Å². The van der Waals surface area contributed by atoms with E-state index in [-0.39, 0.29) is 11.5 Å². The summed E-state index contributed by atoms with van der Waals surface area (Å²) in [6, 6.07) is 13.2. The van der Waals surface area contributed by atoms with Crippen LogP contribution in [-0.2, 0) is 6.54 Å². The van der Waals surface area contributed by atoms with Crippen LogP contribution in [0.1, 0.15) is 18.4 Å². The van der Waals surface area contributed by atoms with Gasteiger partial charge in [-0.1, -0.05) is 42.5 Å². The number of nitrogens with zero attached hydrogens (tertiary/aromatic N) is 2. The van der Waals surface area contributed by atoms with Gasteiger partial charge in [-0.3, -0.25) is 0 Å². The van der Waals surface area contributed by atoms with Gasteiger partial charge in [0.05, 0.1) is 17.5 Å². The highest BCUT2D eigenvalue weighted by atomic mass is 15.2. The highest BCUT2D eigenvalue weighted by Crippen LogP contribution is 2.51. The van der Waals surface area contributed by atoms with Crippen LogP contribution in [0.4, 0.5) is 0 Å². The summed E-state index contributed by atoms with van der Waals surface area (Å²) in [7, 11) is 0. The van der Waals surface area contributed by atoms with E-state index in [0.717, 1.165) is 19.4 Å². The third kappa shape index (κ3) is 1.93. The van der Waals surface area contributed by atoms with E-state index in [2.05, 4.69) is 53.6 Å². The van der Waals surface area contributed by atoms with Gasteiger partial charge in [-0.15, -0.1) is 0 Å². The molecule has 1 aliphatic carbocycles. The van der Waals surface area contributed by atoms with Crippen LogP contribution in [0.2, 0.25) is 0 Å². The summed E-state index contributed by atoms with van der Waals surface area (Å²) in [6.07, 6.45) is 10.4. The van der Waals surface area contributed by atoms with Crippen LogP contribution in [0.5, 0.6) is 0 Å². The Morgan fingerprint density at radius 2 is 2.00 bits per heavy atom. The van der Waals surface area contributed by atoms with E-state index >= 15 is 0 Å². The third-order valence-electron chi connectivity index (χ3n) is 3.82. The zero-order valence-electron chi connectivity index (χ0n) is 10.3. The Morgan fingerprint density at radius 3 is 2.67 bits per heavy atom. The van der Waals surface area contributed by atoms with Crippen molar-refractivity contribution in [3.8, 4) is 6.07 Å². The van der Waals surface area contributed by atoms with Crippen LogP contribution in [-0.4, -0.2) is 10.9 Å². The van der Waals surface area contributed by atoms with E-state index in [1.165, 1.54) is 5.56 Å². The Balaban J connectivity index is 1.80. The average Bonchev–Trinajstić information content (AvgIpc) is 3.22. The molecule has 0 saturated heterocycles. The molecular formula is C16H16N2. The van der Waals surface area contributed by atoms with E-state index in [9.17, 15) is 5.26 Å². The van der Waals surface area contributed by atoms with Crippen LogP contribution < -0.4 is 0 Å². The minimum absolute atomic E-state index is 0.143. The highest BCUT2D eigenvalue weighted by Gasteiger charge is 2.51. The van der Waals surface area contributed by atoms with Crippen LogP contribution in [0.15, 0.2) is 54.8 Å². The zero-order valence-corrected chi connectivity index (χ0v) is 10.3. The number of hydrogen-bond donors (Lipinski definition) is 0. The molecule has 1 aromatic carbocycles. The summed E-state index contributed by atoms with van der Waals surface area (Å²) < 4.78 is 0. The molecule has 1 fully saturated rings. The lowest BCUT2D eigenvalue weighted by Crippen LogP contribution is -2.37. The number of nitriles is 1. The molecule has 90 valence electrons. The summed E-state index contributed by atoms with van der Waals surface area (Å²) >= 11 is 0. The maximum atomic E-state index is 9.36. The molecule has 18 heavy (non-hydrogen) atoms. The van der Waals surface area contributed by atoms with Gasteiger partial charge in [-0.2, -0.15) is 5.26 Å². The van der Waals surface area contributed by atoms with Gasteiger partial charge in [0.25, 0.3) is 0 Å². The smallest absolute Gasteiger partial charge is 0.0813 e. The Morgan fingerprint density at radius 1 is 1.22 bits per heavy atom. The minimum Gasteiger partial charge on any atom is -0.365 e. The molecular weight excluding hydrogens is 220 g/mol. The number of benzene rings is 1. The normalized spacial score (nSPS) is 23.7. The highest BCUT2D eigenvalue weighted by molar-refractivity contribution is 5.27. The third-order valence-corrected chi connectivity index (χ3v) is 3.82. The molecule has 2 nitrogen and oxygen atoms in total. The van der Waals surface area contributed by atoms with Crippen molar-refractivity contribution in [3.05, 3.63) is 60.3 Å². The van der Waals surface area contributed by atoms with E-state index < -0.39 is 0 Å². The molecule has 1 atom stereocenters. The molecule has 1 heterocycles. The van der Waals surface area contributed by atoms with Crippen LogP contribution >= 0.6 is 0 Å².